The molecule has 2 rings (SSSR count). The van der Waals surface area contributed by atoms with E-state index in [9.17, 15) is 4.79 Å². The summed E-state index contributed by atoms with van der Waals surface area (Å²) in [7, 11) is 3.98. The largest absolute Gasteiger partial charge is 0.350 e. The van der Waals surface area contributed by atoms with E-state index in [0.29, 0.717) is 16.4 Å². The lowest BCUT2D eigenvalue weighted by Gasteiger charge is -2.19. The first-order valence-electron chi connectivity index (χ1n) is 6.12. The maximum atomic E-state index is 12.2. The van der Waals surface area contributed by atoms with Crippen molar-refractivity contribution >= 4 is 38.9 Å². The van der Waals surface area contributed by atoms with Gasteiger partial charge in [-0.15, -0.1) is 11.3 Å². The third kappa shape index (κ3) is 3.08. The Kier molecular flexibility index (Phi) is 4.45. The third-order valence-electron chi connectivity index (χ3n) is 3.18. The molecule has 0 spiro atoms. The van der Waals surface area contributed by atoms with Crippen molar-refractivity contribution in [2.45, 2.75) is 13.0 Å². The van der Waals surface area contributed by atoms with Crippen molar-refractivity contribution in [1.82, 2.24) is 10.2 Å². The molecule has 5 heteroatoms. The Morgan fingerprint density at radius 3 is 2.74 bits per heavy atom. The minimum Gasteiger partial charge on any atom is -0.350 e. The molecule has 0 saturated carbocycles. The molecule has 1 amide bonds. The summed E-state index contributed by atoms with van der Waals surface area (Å²) in [5, 5.41) is 4.42. The number of likely N-dealkylation sites (N-methyl/N-ethyl adjacent to an activating group) is 1. The average molecular weight is 297 g/mol. The molecule has 0 bridgehead atoms. The fourth-order valence-corrected chi connectivity index (χ4v) is 3.10. The summed E-state index contributed by atoms with van der Waals surface area (Å²) in [6.07, 6.45) is 0. The summed E-state index contributed by atoms with van der Waals surface area (Å²) in [5.74, 6) is -0.0973. The average Bonchev–Trinajstić information content (AvgIpc) is 2.73. The van der Waals surface area contributed by atoms with Crippen LogP contribution >= 0.6 is 22.9 Å². The van der Waals surface area contributed by atoms with Gasteiger partial charge in [0, 0.05) is 22.7 Å². The van der Waals surface area contributed by atoms with Crippen molar-refractivity contribution in [3.05, 3.63) is 34.2 Å². The van der Waals surface area contributed by atoms with Gasteiger partial charge in [-0.3, -0.25) is 4.79 Å². The Balaban J connectivity index is 2.16. The van der Waals surface area contributed by atoms with E-state index in [1.54, 1.807) is 0 Å². The first kappa shape index (κ1) is 14.3. The number of hydrogen-bond acceptors (Lipinski definition) is 3. The minimum absolute atomic E-state index is 0.0973. The van der Waals surface area contributed by atoms with E-state index in [-0.39, 0.29) is 11.9 Å². The molecule has 0 radical (unpaired) electrons. The van der Waals surface area contributed by atoms with Crippen molar-refractivity contribution in [1.29, 1.82) is 0 Å². The van der Waals surface area contributed by atoms with E-state index in [2.05, 4.69) is 17.1 Å². The van der Waals surface area contributed by atoms with Crippen LogP contribution in [0.25, 0.3) is 10.1 Å². The number of rotatable bonds is 4. The number of carbonyl (C=O) groups is 1. The third-order valence-corrected chi connectivity index (χ3v) is 4.85. The van der Waals surface area contributed by atoms with Crippen molar-refractivity contribution in [2.24, 2.45) is 0 Å². The molecule has 0 aliphatic rings. The lowest BCUT2D eigenvalue weighted by atomic mass is 10.2. The van der Waals surface area contributed by atoms with Gasteiger partial charge in [-0.1, -0.05) is 29.8 Å². The molecule has 0 saturated heterocycles. The van der Waals surface area contributed by atoms with Gasteiger partial charge >= 0.3 is 0 Å². The number of thiophene rings is 1. The van der Waals surface area contributed by atoms with E-state index >= 15 is 0 Å². The number of amides is 1. The predicted molar refractivity (Wildman–Crippen MR) is 82.3 cm³/mol. The lowest BCUT2D eigenvalue weighted by Crippen LogP contribution is -2.38. The van der Waals surface area contributed by atoms with E-state index in [4.69, 9.17) is 11.6 Å². The quantitative estimate of drug-likeness (QED) is 0.939. The van der Waals surface area contributed by atoms with Crippen LogP contribution in [0, 0.1) is 0 Å². The topological polar surface area (TPSA) is 32.3 Å². The highest BCUT2D eigenvalue weighted by atomic mass is 35.5. The number of fused-ring (bicyclic) bond motifs is 1. The summed E-state index contributed by atoms with van der Waals surface area (Å²) >= 11 is 7.70. The summed E-state index contributed by atoms with van der Waals surface area (Å²) in [4.78, 5) is 14.8. The van der Waals surface area contributed by atoms with Crippen LogP contribution in [0.15, 0.2) is 24.3 Å². The fourth-order valence-electron chi connectivity index (χ4n) is 1.66. The molecule has 0 unspecified atom stereocenters. The second-order valence-electron chi connectivity index (χ2n) is 4.76. The molecular formula is C14H17ClN2OS. The van der Waals surface area contributed by atoms with Crippen LogP contribution in [0.4, 0.5) is 0 Å². The Labute approximate surface area is 122 Å². The van der Waals surface area contributed by atoms with Crippen LogP contribution in [0.2, 0.25) is 5.02 Å². The van der Waals surface area contributed by atoms with E-state index in [1.807, 2.05) is 38.4 Å². The van der Waals surface area contributed by atoms with Gasteiger partial charge in [0.15, 0.2) is 0 Å². The summed E-state index contributed by atoms with van der Waals surface area (Å²) < 4.78 is 1.04. The Hall–Kier alpha value is -1.10. The molecule has 1 aromatic heterocycles. The van der Waals surface area contributed by atoms with Crippen molar-refractivity contribution in [3.63, 3.8) is 0 Å². The van der Waals surface area contributed by atoms with Gasteiger partial charge in [-0.2, -0.15) is 0 Å². The Morgan fingerprint density at radius 2 is 2.11 bits per heavy atom. The van der Waals surface area contributed by atoms with Gasteiger partial charge in [0.05, 0.1) is 5.02 Å². The van der Waals surface area contributed by atoms with E-state index < -0.39 is 0 Å². The van der Waals surface area contributed by atoms with Crippen LogP contribution in [0.5, 0.6) is 0 Å². The summed E-state index contributed by atoms with van der Waals surface area (Å²) in [6.45, 7) is 2.67. The zero-order valence-electron chi connectivity index (χ0n) is 11.2. The fraction of sp³-hybridized carbons (Fsp3) is 0.357. The highest BCUT2D eigenvalue weighted by molar-refractivity contribution is 7.21. The van der Waals surface area contributed by atoms with Gasteiger partial charge in [-0.05, 0) is 27.1 Å². The minimum atomic E-state index is -0.0973. The maximum Gasteiger partial charge on any atom is 0.262 e. The number of nitrogens with zero attached hydrogens (tertiary/aromatic N) is 1. The lowest BCUT2D eigenvalue weighted by molar-refractivity contribution is 0.0948. The SMILES string of the molecule is C[C@@H](CNC(=O)c1sc2ccccc2c1Cl)N(C)C. The first-order valence-corrected chi connectivity index (χ1v) is 7.31. The molecule has 0 fully saturated rings. The Morgan fingerprint density at radius 1 is 1.42 bits per heavy atom. The molecule has 2 aromatic rings. The molecule has 1 heterocycles. The molecule has 102 valence electrons. The molecule has 19 heavy (non-hydrogen) atoms. The second-order valence-corrected chi connectivity index (χ2v) is 6.19. The molecular weight excluding hydrogens is 280 g/mol. The number of benzene rings is 1. The van der Waals surface area contributed by atoms with Crippen molar-refractivity contribution in [2.75, 3.05) is 20.6 Å². The van der Waals surface area contributed by atoms with Crippen LogP contribution in [-0.2, 0) is 0 Å². The van der Waals surface area contributed by atoms with Gasteiger partial charge in [0.2, 0.25) is 0 Å². The van der Waals surface area contributed by atoms with Crippen LogP contribution in [0.3, 0.4) is 0 Å². The highest BCUT2D eigenvalue weighted by Gasteiger charge is 2.17. The summed E-state index contributed by atoms with van der Waals surface area (Å²) in [6, 6.07) is 8.08. The number of halogens is 1. The number of carbonyl (C=O) groups excluding carboxylic acids is 1. The molecule has 1 aromatic carbocycles. The monoisotopic (exact) mass is 296 g/mol. The smallest absolute Gasteiger partial charge is 0.262 e. The van der Waals surface area contributed by atoms with Gasteiger partial charge in [0.1, 0.15) is 4.88 Å². The zero-order valence-corrected chi connectivity index (χ0v) is 12.8. The highest BCUT2D eigenvalue weighted by Crippen LogP contribution is 2.34. The first-order chi connectivity index (χ1) is 9.00. The maximum absolute atomic E-state index is 12.2. The van der Waals surface area contributed by atoms with Gasteiger partial charge in [-0.25, -0.2) is 0 Å². The second kappa shape index (κ2) is 5.90. The van der Waals surface area contributed by atoms with Gasteiger partial charge in [0.25, 0.3) is 5.91 Å². The molecule has 1 atom stereocenters. The standard InChI is InChI=1S/C14H17ClN2OS/c1-9(17(2)3)8-16-14(18)13-12(15)10-6-4-5-7-11(10)19-13/h4-7,9H,8H2,1-3H3,(H,16,18)/t9-/m0/s1. The number of nitrogens with one attached hydrogen (secondary N) is 1. The summed E-state index contributed by atoms with van der Waals surface area (Å²) in [5.41, 5.74) is 0. The van der Waals surface area contributed by atoms with E-state index in [1.165, 1.54) is 11.3 Å². The Bertz CT molecular complexity index is 594. The molecule has 0 aliphatic carbocycles. The predicted octanol–water partition coefficient (Wildman–Crippen LogP) is 3.23. The van der Waals surface area contributed by atoms with Crippen LogP contribution < -0.4 is 5.32 Å². The molecule has 0 aliphatic heterocycles. The normalized spacial score (nSPS) is 12.9. The van der Waals surface area contributed by atoms with Crippen molar-refractivity contribution in [3.8, 4) is 0 Å². The zero-order chi connectivity index (χ0) is 14.0. The van der Waals surface area contributed by atoms with Gasteiger partial charge < -0.3 is 10.2 Å². The van der Waals surface area contributed by atoms with E-state index in [0.717, 1.165) is 10.1 Å². The molecule has 1 N–H and O–H groups in total. The van der Waals surface area contributed by atoms with Crippen LogP contribution in [-0.4, -0.2) is 37.5 Å². The van der Waals surface area contributed by atoms with Crippen LogP contribution in [0.1, 0.15) is 16.6 Å². The molecule has 3 nitrogen and oxygen atoms in total. The number of hydrogen-bond donors (Lipinski definition) is 1. The van der Waals surface area contributed by atoms with Crippen molar-refractivity contribution < 1.29 is 4.79 Å².